The van der Waals surface area contributed by atoms with Crippen molar-refractivity contribution >= 4 is 17.3 Å². The Balaban J connectivity index is 1.84. The zero-order valence-corrected chi connectivity index (χ0v) is 15.8. The van der Waals surface area contributed by atoms with E-state index in [1.54, 1.807) is 0 Å². The summed E-state index contributed by atoms with van der Waals surface area (Å²) in [5.74, 6) is 0.996. The molecule has 1 unspecified atom stereocenters. The first kappa shape index (κ1) is 19.8. The van der Waals surface area contributed by atoms with E-state index in [1.165, 1.54) is 25.3 Å². The smallest absolute Gasteiger partial charge is 0.340 e. The first-order chi connectivity index (χ1) is 13.5. The van der Waals surface area contributed by atoms with Crippen LogP contribution in [-0.2, 0) is 9.47 Å². The number of morpholine rings is 1. The van der Waals surface area contributed by atoms with Gasteiger partial charge in [-0.3, -0.25) is 15.0 Å². The lowest BCUT2D eigenvalue weighted by atomic mass is 10.1. The molecule has 1 saturated heterocycles. The molecule has 1 aromatic heterocycles. The molecule has 1 fully saturated rings. The third-order valence-electron chi connectivity index (χ3n) is 4.68. The topological polar surface area (TPSA) is 107 Å². The highest BCUT2D eigenvalue weighted by molar-refractivity contribution is 5.96. The standard InChI is InChI=1S/C19H23N3O6/c1-13-3-6-18(28-13)17(21-7-9-27-10-8-21)12-20-16-5-4-14(22(24)25)11-15(16)19(23)26-2/h3-6,11,17,20H,7-10,12H2,1-2H3. The summed E-state index contributed by atoms with van der Waals surface area (Å²) in [5, 5.41) is 14.3. The van der Waals surface area contributed by atoms with Gasteiger partial charge in [0.2, 0.25) is 0 Å². The van der Waals surface area contributed by atoms with E-state index in [-0.39, 0.29) is 17.3 Å². The van der Waals surface area contributed by atoms with E-state index in [0.29, 0.717) is 25.4 Å². The van der Waals surface area contributed by atoms with Crippen LogP contribution < -0.4 is 5.32 Å². The zero-order chi connectivity index (χ0) is 20.1. The number of nitro groups is 1. The van der Waals surface area contributed by atoms with E-state index in [1.807, 2.05) is 19.1 Å². The lowest BCUT2D eigenvalue weighted by Gasteiger charge is -2.33. The highest BCUT2D eigenvalue weighted by Gasteiger charge is 2.26. The monoisotopic (exact) mass is 389 g/mol. The Morgan fingerprint density at radius 3 is 2.68 bits per heavy atom. The number of hydrogen-bond donors (Lipinski definition) is 1. The van der Waals surface area contributed by atoms with Gasteiger partial charge in [0.15, 0.2) is 0 Å². The maximum absolute atomic E-state index is 12.1. The molecular formula is C19H23N3O6. The minimum atomic E-state index is -0.636. The van der Waals surface area contributed by atoms with Gasteiger partial charge in [-0.15, -0.1) is 0 Å². The van der Waals surface area contributed by atoms with Crippen molar-refractivity contribution in [1.82, 2.24) is 4.90 Å². The van der Waals surface area contributed by atoms with Gasteiger partial charge < -0.3 is 19.2 Å². The molecule has 0 amide bonds. The van der Waals surface area contributed by atoms with Crippen molar-refractivity contribution < 1.29 is 23.6 Å². The molecule has 9 nitrogen and oxygen atoms in total. The number of aryl methyl sites for hydroxylation is 1. The number of hydrogen-bond acceptors (Lipinski definition) is 8. The van der Waals surface area contributed by atoms with Crippen LogP contribution in [0.3, 0.4) is 0 Å². The summed E-state index contributed by atoms with van der Waals surface area (Å²) >= 11 is 0. The van der Waals surface area contributed by atoms with Crippen molar-refractivity contribution in [2.45, 2.75) is 13.0 Å². The predicted molar refractivity (Wildman–Crippen MR) is 102 cm³/mol. The van der Waals surface area contributed by atoms with Crippen LogP contribution in [0.5, 0.6) is 0 Å². The Morgan fingerprint density at radius 2 is 2.07 bits per heavy atom. The predicted octanol–water partition coefficient (Wildman–Crippen LogP) is 2.77. The summed E-state index contributed by atoms with van der Waals surface area (Å²) in [6, 6.07) is 7.87. The summed E-state index contributed by atoms with van der Waals surface area (Å²) in [5.41, 5.74) is 0.421. The maximum atomic E-state index is 12.1. The summed E-state index contributed by atoms with van der Waals surface area (Å²) in [6.07, 6.45) is 0. The number of carbonyl (C=O) groups excluding carboxylic acids is 1. The van der Waals surface area contributed by atoms with Crippen LogP contribution >= 0.6 is 0 Å². The normalized spacial score (nSPS) is 15.8. The number of nitrogens with zero attached hydrogens (tertiary/aromatic N) is 2. The molecule has 2 aromatic rings. The van der Waals surface area contributed by atoms with Crippen molar-refractivity contribution in [3.8, 4) is 0 Å². The average Bonchev–Trinajstić information content (AvgIpc) is 3.14. The SMILES string of the molecule is COC(=O)c1cc([N+](=O)[O-])ccc1NCC(c1ccc(C)o1)N1CCOCC1. The van der Waals surface area contributed by atoms with Crippen molar-refractivity contribution in [3.63, 3.8) is 0 Å². The van der Waals surface area contributed by atoms with Gasteiger partial charge >= 0.3 is 5.97 Å². The number of anilines is 1. The molecule has 0 radical (unpaired) electrons. The maximum Gasteiger partial charge on any atom is 0.340 e. The van der Waals surface area contributed by atoms with Crippen LogP contribution in [0, 0.1) is 17.0 Å². The number of esters is 1. The number of non-ortho nitro benzene ring substituents is 1. The number of rotatable bonds is 7. The molecule has 0 bridgehead atoms. The molecule has 1 aliphatic rings. The summed E-state index contributed by atoms with van der Waals surface area (Å²) in [7, 11) is 1.24. The lowest BCUT2D eigenvalue weighted by molar-refractivity contribution is -0.384. The van der Waals surface area contributed by atoms with E-state index >= 15 is 0 Å². The molecular weight excluding hydrogens is 366 g/mol. The van der Waals surface area contributed by atoms with Crippen LogP contribution in [0.15, 0.2) is 34.7 Å². The van der Waals surface area contributed by atoms with Gasteiger partial charge in [0, 0.05) is 37.5 Å². The second-order valence-electron chi connectivity index (χ2n) is 6.47. The minimum Gasteiger partial charge on any atom is -0.465 e. The number of ether oxygens (including phenoxy) is 2. The van der Waals surface area contributed by atoms with Crippen LogP contribution in [-0.4, -0.2) is 55.8 Å². The fraction of sp³-hybridized carbons (Fsp3) is 0.421. The van der Waals surface area contributed by atoms with Gasteiger partial charge in [0.25, 0.3) is 5.69 Å². The quantitative estimate of drug-likeness (QED) is 0.438. The first-order valence-corrected chi connectivity index (χ1v) is 8.98. The van der Waals surface area contributed by atoms with Crippen LogP contribution in [0.1, 0.15) is 27.9 Å². The molecule has 0 spiro atoms. The first-order valence-electron chi connectivity index (χ1n) is 8.98. The van der Waals surface area contributed by atoms with Crippen LogP contribution in [0.4, 0.5) is 11.4 Å². The molecule has 0 aliphatic carbocycles. The largest absolute Gasteiger partial charge is 0.465 e. The molecule has 1 atom stereocenters. The average molecular weight is 389 g/mol. The molecule has 2 heterocycles. The summed E-state index contributed by atoms with van der Waals surface area (Å²) in [6.45, 7) is 5.14. The number of furan rings is 1. The molecule has 1 N–H and O–H groups in total. The third kappa shape index (κ3) is 4.49. The van der Waals surface area contributed by atoms with E-state index in [2.05, 4.69) is 10.2 Å². The second kappa shape index (κ2) is 8.85. The Labute approximate surface area is 162 Å². The summed E-state index contributed by atoms with van der Waals surface area (Å²) < 4.78 is 16.0. The Hall–Kier alpha value is -2.91. The number of nitro benzene ring substituents is 1. The van der Waals surface area contributed by atoms with Gasteiger partial charge in [-0.2, -0.15) is 0 Å². The van der Waals surface area contributed by atoms with Crippen LogP contribution in [0.25, 0.3) is 0 Å². The Kier molecular flexibility index (Phi) is 6.27. The molecule has 0 saturated carbocycles. The van der Waals surface area contributed by atoms with E-state index < -0.39 is 10.9 Å². The Morgan fingerprint density at radius 1 is 1.32 bits per heavy atom. The molecule has 1 aromatic carbocycles. The van der Waals surface area contributed by atoms with Gasteiger partial charge in [0.1, 0.15) is 11.5 Å². The fourth-order valence-corrected chi connectivity index (χ4v) is 3.22. The fourth-order valence-electron chi connectivity index (χ4n) is 3.22. The second-order valence-corrected chi connectivity index (χ2v) is 6.47. The third-order valence-corrected chi connectivity index (χ3v) is 4.68. The van der Waals surface area contributed by atoms with Gasteiger partial charge in [-0.05, 0) is 25.1 Å². The number of nitrogens with one attached hydrogen (secondary N) is 1. The van der Waals surface area contributed by atoms with Gasteiger partial charge in [-0.1, -0.05) is 0 Å². The van der Waals surface area contributed by atoms with Crippen molar-refractivity contribution in [2.75, 3.05) is 45.3 Å². The number of benzene rings is 1. The molecule has 3 rings (SSSR count). The molecule has 150 valence electrons. The highest BCUT2D eigenvalue weighted by atomic mass is 16.6. The van der Waals surface area contributed by atoms with Crippen molar-refractivity contribution in [1.29, 1.82) is 0 Å². The van der Waals surface area contributed by atoms with Gasteiger partial charge in [0.05, 0.1) is 36.9 Å². The minimum absolute atomic E-state index is 0.0710. The highest BCUT2D eigenvalue weighted by Crippen LogP contribution is 2.27. The van der Waals surface area contributed by atoms with E-state index in [4.69, 9.17) is 13.9 Å². The molecule has 28 heavy (non-hydrogen) atoms. The van der Waals surface area contributed by atoms with Gasteiger partial charge in [-0.25, -0.2) is 4.79 Å². The molecule has 1 aliphatic heterocycles. The Bertz CT molecular complexity index is 844. The van der Waals surface area contributed by atoms with E-state index in [9.17, 15) is 14.9 Å². The molecule has 9 heteroatoms. The zero-order valence-electron chi connectivity index (χ0n) is 15.8. The number of carbonyl (C=O) groups is 1. The van der Waals surface area contributed by atoms with Crippen molar-refractivity contribution in [3.05, 3.63) is 57.5 Å². The van der Waals surface area contributed by atoms with Crippen molar-refractivity contribution in [2.24, 2.45) is 0 Å². The number of methoxy groups -OCH3 is 1. The van der Waals surface area contributed by atoms with E-state index in [0.717, 1.165) is 24.6 Å². The summed E-state index contributed by atoms with van der Waals surface area (Å²) in [4.78, 5) is 24.8. The van der Waals surface area contributed by atoms with Crippen LogP contribution in [0.2, 0.25) is 0 Å². The lowest BCUT2D eigenvalue weighted by Crippen LogP contribution is -2.41.